The number of rotatable bonds is 3. The van der Waals surface area contributed by atoms with Crippen molar-refractivity contribution in [3.05, 3.63) is 29.6 Å². The number of benzene rings is 1. The Morgan fingerprint density at radius 1 is 1.15 bits per heavy atom. The van der Waals surface area contributed by atoms with Gasteiger partial charge in [-0.05, 0) is 64.5 Å². The first-order valence-electron chi connectivity index (χ1n) is 7.42. The molecule has 0 bridgehead atoms. The van der Waals surface area contributed by atoms with E-state index in [2.05, 4.69) is 0 Å². The van der Waals surface area contributed by atoms with Crippen LogP contribution in [0.2, 0.25) is 0 Å². The summed E-state index contributed by atoms with van der Waals surface area (Å²) in [7, 11) is -0.612. The van der Waals surface area contributed by atoms with Gasteiger partial charge in [0.15, 0.2) is 0 Å². The van der Waals surface area contributed by atoms with E-state index in [1.165, 1.54) is 24.5 Å². The van der Waals surface area contributed by atoms with Gasteiger partial charge >= 0.3 is 7.12 Å². The first-order chi connectivity index (χ1) is 9.28. The van der Waals surface area contributed by atoms with E-state index >= 15 is 0 Å². The minimum absolute atomic E-state index is 0.247. The largest absolute Gasteiger partial charge is 0.497 e. The molecule has 0 N–H and O–H groups in total. The van der Waals surface area contributed by atoms with Crippen LogP contribution < -0.4 is 5.46 Å². The quantitative estimate of drug-likeness (QED) is 0.790. The lowest BCUT2D eigenvalue weighted by atomic mass is 9.77. The van der Waals surface area contributed by atoms with Crippen LogP contribution in [0.1, 0.15) is 46.1 Å². The van der Waals surface area contributed by atoms with Crippen LogP contribution in [0.5, 0.6) is 0 Å². The summed E-state index contributed by atoms with van der Waals surface area (Å²) >= 11 is 0. The maximum Gasteiger partial charge on any atom is 0.497 e. The van der Waals surface area contributed by atoms with Crippen molar-refractivity contribution < 1.29 is 13.7 Å². The predicted molar refractivity (Wildman–Crippen MR) is 78.5 cm³/mol. The van der Waals surface area contributed by atoms with Crippen LogP contribution in [0.4, 0.5) is 4.39 Å². The van der Waals surface area contributed by atoms with E-state index in [0.717, 1.165) is 12.3 Å². The Morgan fingerprint density at radius 2 is 1.75 bits per heavy atom. The van der Waals surface area contributed by atoms with Crippen LogP contribution in [0.15, 0.2) is 18.2 Å². The van der Waals surface area contributed by atoms with Gasteiger partial charge < -0.3 is 9.31 Å². The average molecular weight is 276 g/mol. The molecule has 1 aromatic carbocycles. The minimum Gasteiger partial charge on any atom is -0.399 e. The average Bonchev–Trinajstić information content (AvgIpc) is 3.10. The molecular formula is C16H22BFO2. The monoisotopic (exact) mass is 276 g/mol. The van der Waals surface area contributed by atoms with Gasteiger partial charge in [0.2, 0.25) is 0 Å². The standard InChI is InChI=1S/C16H22BFO2/c1-15(2)16(3,4)20-17(19-15)13-10-12(7-8-14(13)18)9-11-5-6-11/h7-8,10-11H,5-6,9H2,1-4H3. The highest BCUT2D eigenvalue weighted by molar-refractivity contribution is 6.62. The van der Waals surface area contributed by atoms with Crippen LogP contribution in [-0.2, 0) is 15.7 Å². The third-order valence-corrected chi connectivity index (χ3v) is 4.79. The fourth-order valence-corrected chi connectivity index (χ4v) is 2.53. The maximum absolute atomic E-state index is 14.1. The zero-order valence-corrected chi connectivity index (χ0v) is 12.7. The molecule has 20 heavy (non-hydrogen) atoms. The summed E-state index contributed by atoms with van der Waals surface area (Å²) in [4.78, 5) is 0. The van der Waals surface area contributed by atoms with Crippen molar-refractivity contribution in [2.45, 2.75) is 58.2 Å². The molecule has 1 saturated carbocycles. The summed E-state index contributed by atoms with van der Waals surface area (Å²) in [6.45, 7) is 7.94. The fourth-order valence-electron chi connectivity index (χ4n) is 2.53. The Morgan fingerprint density at radius 3 is 2.30 bits per heavy atom. The zero-order valence-electron chi connectivity index (χ0n) is 12.7. The minimum atomic E-state index is -0.612. The molecule has 1 saturated heterocycles. The molecule has 0 unspecified atom stereocenters. The molecule has 0 atom stereocenters. The van der Waals surface area contributed by atoms with Crippen LogP contribution in [0.3, 0.4) is 0 Å². The van der Waals surface area contributed by atoms with Crippen LogP contribution in [0.25, 0.3) is 0 Å². The molecule has 2 fully saturated rings. The van der Waals surface area contributed by atoms with Gasteiger partial charge in [0, 0.05) is 5.46 Å². The van der Waals surface area contributed by atoms with Gasteiger partial charge in [0.05, 0.1) is 11.2 Å². The van der Waals surface area contributed by atoms with Gasteiger partial charge in [0.25, 0.3) is 0 Å². The van der Waals surface area contributed by atoms with Crippen molar-refractivity contribution in [2.24, 2.45) is 5.92 Å². The lowest BCUT2D eigenvalue weighted by Gasteiger charge is -2.32. The molecule has 4 heteroatoms. The molecule has 0 aromatic heterocycles. The van der Waals surface area contributed by atoms with Crippen LogP contribution in [0, 0.1) is 11.7 Å². The van der Waals surface area contributed by atoms with Crippen molar-refractivity contribution in [2.75, 3.05) is 0 Å². The number of hydrogen-bond acceptors (Lipinski definition) is 2. The van der Waals surface area contributed by atoms with Gasteiger partial charge in [-0.1, -0.05) is 12.1 Å². The van der Waals surface area contributed by atoms with Crippen molar-refractivity contribution in [1.82, 2.24) is 0 Å². The van der Waals surface area contributed by atoms with E-state index in [-0.39, 0.29) is 5.82 Å². The van der Waals surface area contributed by atoms with Crippen molar-refractivity contribution in [3.63, 3.8) is 0 Å². The lowest BCUT2D eigenvalue weighted by molar-refractivity contribution is 0.00578. The summed E-state index contributed by atoms with van der Waals surface area (Å²) in [6, 6.07) is 5.33. The van der Waals surface area contributed by atoms with Gasteiger partial charge in [-0.2, -0.15) is 0 Å². The molecular weight excluding hydrogens is 254 g/mol. The van der Waals surface area contributed by atoms with Crippen LogP contribution in [-0.4, -0.2) is 18.3 Å². The number of hydrogen-bond donors (Lipinski definition) is 0. The molecule has 2 nitrogen and oxygen atoms in total. The second-order valence-electron chi connectivity index (χ2n) is 7.09. The lowest BCUT2D eigenvalue weighted by Crippen LogP contribution is -2.41. The normalized spacial score (nSPS) is 24.1. The molecule has 0 radical (unpaired) electrons. The molecule has 3 rings (SSSR count). The van der Waals surface area contributed by atoms with Crippen molar-refractivity contribution in [3.8, 4) is 0 Å². The molecule has 1 heterocycles. The highest BCUT2D eigenvalue weighted by Crippen LogP contribution is 2.37. The van der Waals surface area contributed by atoms with Crippen LogP contribution >= 0.6 is 0 Å². The molecule has 2 aliphatic rings. The predicted octanol–water partition coefficient (Wildman–Crippen LogP) is 3.08. The SMILES string of the molecule is CC1(C)OB(c2cc(CC3CC3)ccc2F)OC1(C)C. The zero-order chi connectivity index (χ0) is 14.5. The van der Waals surface area contributed by atoms with E-state index in [9.17, 15) is 4.39 Å². The topological polar surface area (TPSA) is 18.5 Å². The molecule has 1 aliphatic carbocycles. The second kappa shape index (κ2) is 4.57. The highest BCUT2D eigenvalue weighted by atomic mass is 19.1. The van der Waals surface area contributed by atoms with E-state index in [0.29, 0.717) is 5.46 Å². The first kappa shape index (κ1) is 14.1. The van der Waals surface area contributed by atoms with Gasteiger partial charge in [-0.25, -0.2) is 4.39 Å². The summed E-state index contributed by atoms with van der Waals surface area (Å²) < 4.78 is 26.0. The first-order valence-corrected chi connectivity index (χ1v) is 7.42. The van der Waals surface area contributed by atoms with E-state index in [1.807, 2.05) is 39.8 Å². The highest BCUT2D eigenvalue weighted by Gasteiger charge is 2.52. The Kier molecular flexibility index (Phi) is 3.22. The Labute approximate surface area is 120 Å². The Bertz CT molecular complexity index is 507. The third-order valence-electron chi connectivity index (χ3n) is 4.79. The van der Waals surface area contributed by atoms with E-state index in [1.54, 1.807) is 0 Å². The summed E-state index contributed by atoms with van der Waals surface area (Å²) in [6.07, 6.45) is 3.62. The summed E-state index contributed by atoms with van der Waals surface area (Å²) in [5.41, 5.74) is 0.841. The Balaban J connectivity index is 1.86. The van der Waals surface area contributed by atoms with E-state index in [4.69, 9.17) is 9.31 Å². The van der Waals surface area contributed by atoms with Gasteiger partial charge in [-0.15, -0.1) is 0 Å². The van der Waals surface area contributed by atoms with Crippen molar-refractivity contribution in [1.29, 1.82) is 0 Å². The second-order valence-corrected chi connectivity index (χ2v) is 7.09. The molecule has 1 aromatic rings. The van der Waals surface area contributed by atoms with E-state index < -0.39 is 18.3 Å². The smallest absolute Gasteiger partial charge is 0.399 e. The molecule has 1 aliphatic heterocycles. The fraction of sp³-hybridized carbons (Fsp3) is 0.625. The summed E-state index contributed by atoms with van der Waals surface area (Å²) in [5, 5.41) is 0. The van der Waals surface area contributed by atoms with Crippen molar-refractivity contribution >= 4 is 12.6 Å². The third kappa shape index (κ3) is 2.51. The maximum atomic E-state index is 14.1. The Hall–Kier alpha value is -0.865. The molecule has 108 valence electrons. The van der Waals surface area contributed by atoms with Gasteiger partial charge in [0.1, 0.15) is 5.82 Å². The number of halogens is 1. The van der Waals surface area contributed by atoms with Gasteiger partial charge in [-0.3, -0.25) is 0 Å². The summed E-state index contributed by atoms with van der Waals surface area (Å²) in [5.74, 6) is 0.537. The molecule has 0 amide bonds. The molecule has 0 spiro atoms.